The Morgan fingerprint density at radius 1 is 1.43 bits per heavy atom. The predicted molar refractivity (Wildman–Crippen MR) is 66.5 cm³/mol. The SMILES string of the molecule is CC(CCC(=O)NN)N1CCn2c(nnc2C(F)(F)F)C1. The van der Waals surface area contributed by atoms with E-state index in [0.29, 0.717) is 18.8 Å². The lowest BCUT2D eigenvalue weighted by molar-refractivity contribution is -0.148. The monoisotopic (exact) mass is 306 g/mol. The van der Waals surface area contributed by atoms with Crippen molar-refractivity contribution in [1.82, 2.24) is 25.1 Å². The number of rotatable bonds is 4. The normalized spacial score (nSPS) is 17.4. The number of halogens is 3. The van der Waals surface area contributed by atoms with Crippen LogP contribution in [0.25, 0.3) is 0 Å². The number of nitrogens with one attached hydrogen (secondary N) is 1. The third-order valence-corrected chi connectivity index (χ3v) is 3.61. The zero-order valence-corrected chi connectivity index (χ0v) is 11.5. The van der Waals surface area contributed by atoms with Gasteiger partial charge in [0.25, 0.3) is 0 Å². The molecule has 1 aromatic rings. The Labute approximate surface area is 119 Å². The van der Waals surface area contributed by atoms with Crippen LogP contribution in [0.15, 0.2) is 0 Å². The van der Waals surface area contributed by atoms with Crippen LogP contribution in [0.4, 0.5) is 13.2 Å². The number of hydrogen-bond acceptors (Lipinski definition) is 5. The van der Waals surface area contributed by atoms with E-state index >= 15 is 0 Å². The van der Waals surface area contributed by atoms with Crippen LogP contribution in [0.2, 0.25) is 0 Å². The number of hydrogen-bond donors (Lipinski definition) is 2. The molecule has 2 rings (SSSR count). The lowest BCUT2D eigenvalue weighted by atomic mass is 10.1. The van der Waals surface area contributed by atoms with Crippen molar-refractivity contribution >= 4 is 5.91 Å². The predicted octanol–water partition coefficient (Wildman–Crippen LogP) is 0.271. The van der Waals surface area contributed by atoms with Crippen molar-refractivity contribution in [3.05, 3.63) is 11.6 Å². The largest absolute Gasteiger partial charge is 0.451 e. The quantitative estimate of drug-likeness (QED) is 0.473. The van der Waals surface area contributed by atoms with Crippen molar-refractivity contribution in [2.24, 2.45) is 5.84 Å². The fourth-order valence-corrected chi connectivity index (χ4v) is 2.36. The van der Waals surface area contributed by atoms with Crippen LogP contribution in [0.5, 0.6) is 0 Å². The molecule has 1 unspecified atom stereocenters. The molecule has 0 aliphatic carbocycles. The Bertz CT molecular complexity index is 515. The number of amides is 1. The van der Waals surface area contributed by atoms with E-state index in [1.54, 1.807) is 0 Å². The summed E-state index contributed by atoms with van der Waals surface area (Å²) < 4.78 is 39.3. The van der Waals surface area contributed by atoms with E-state index in [1.807, 2.05) is 17.2 Å². The molecule has 0 radical (unpaired) electrons. The molecule has 118 valence electrons. The average Bonchev–Trinajstić information content (AvgIpc) is 2.87. The van der Waals surface area contributed by atoms with Gasteiger partial charge in [-0.15, -0.1) is 10.2 Å². The molecule has 2 heterocycles. The molecule has 0 fully saturated rings. The minimum absolute atomic E-state index is 0.0436. The Morgan fingerprint density at radius 3 is 2.76 bits per heavy atom. The summed E-state index contributed by atoms with van der Waals surface area (Å²) in [6, 6.07) is 0.0436. The zero-order chi connectivity index (χ0) is 15.6. The van der Waals surface area contributed by atoms with Gasteiger partial charge in [0.2, 0.25) is 11.7 Å². The second kappa shape index (κ2) is 5.98. The average molecular weight is 306 g/mol. The maximum absolute atomic E-state index is 12.7. The molecule has 3 N–H and O–H groups in total. The van der Waals surface area contributed by atoms with Crippen LogP contribution in [0, 0.1) is 0 Å². The number of nitrogens with zero attached hydrogens (tertiary/aromatic N) is 4. The van der Waals surface area contributed by atoms with E-state index in [9.17, 15) is 18.0 Å². The summed E-state index contributed by atoms with van der Waals surface area (Å²) >= 11 is 0. The third-order valence-electron chi connectivity index (χ3n) is 3.61. The fraction of sp³-hybridized carbons (Fsp3) is 0.727. The summed E-state index contributed by atoms with van der Waals surface area (Å²) in [6.07, 6.45) is -3.64. The summed E-state index contributed by atoms with van der Waals surface area (Å²) in [5.41, 5.74) is 2.05. The summed E-state index contributed by atoms with van der Waals surface area (Å²) in [7, 11) is 0. The van der Waals surface area contributed by atoms with Crippen LogP contribution in [0.1, 0.15) is 31.4 Å². The number of carbonyl (C=O) groups excluding carboxylic acids is 1. The minimum Gasteiger partial charge on any atom is -0.305 e. The standard InChI is InChI=1S/C11H17F3N6O/c1-7(2-3-9(21)16-15)19-4-5-20-8(6-19)17-18-10(20)11(12,13)14/h7H,2-6,15H2,1H3,(H,16,21). The Hall–Kier alpha value is -1.68. The van der Waals surface area contributed by atoms with Gasteiger partial charge in [-0.05, 0) is 13.3 Å². The molecule has 1 aromatic heterocycles. The highest BCUT2D eigenvalue weighted by Gasteiger charge is 2.39. The van der Waals surface area contributed by atoms with Gasteiger partial charge < -0.3 is 4.57 Å². The highest BCUT2D eigenvalue weighted by molar-refractivity contribution is 5.75. The fourth-order valence-electron chi connectivity index (χ4n) is 2.36. The summed E-state index contributed by atoms with van der Waals surface area (Å²) in [4.78, 5) is 13.1. The molecule has 1 amide bonds. The molecule has 0 spiro atoms. The number of fused-ring (bicyclic) bond motifs is 1. The lowest BCUT2D eigenvalue weighted by Gasteiger charge is -2.32. The van der Waals surface area contributed by atoms with E-state index in [0.717, 1.165) is 4.57 Å². The van der Waals surface area contributed by atoms with E-state index in [4.69, 9.17) is 5.84 Å². The van der Waals surface area contributed by atoms with Crippen molar-refractivity contribution in [2.45, 2.75) is 45.1 Å². The van der Waals surface area contributed by atoms with Crippen LogP contribution >= 0.6 is 0 Å². The van der Waals surface area contributed by atoms with Gasteiger partial charge in [-0.2, -0.15) is 13.2 Å². The van der Waals surface area contributed by atoms with E-state index < -0.39 is 12.0 Å². The second-order valence-corrected chi connectivity index (χ2v) is 5.01. The number of alkyl halides is 3. The summed E-state index contributed by atoms with van der Waals surface area (Å²) in [5, 5.41) is 6.85. The third kappa shape index (κ3) is 3.50. The molecule has 21 heavy (non-hydrogen) atoms. The summed E-state index contributed by atoms with van der Waals surface area (Å²) in [6.45, 7) is 2.85. The van der Waals surface area contributed by atoms with Gasteiger partial charge in [-0.25, -0.2) is 5.84 Å². The van der Waals surface area contributed by atoms with Crippen molar-refractivity contribution in [2.75, 3.05) is 6.54 Å². The second-order valence-electron chi connectivity index (χ2n) is 5.01. The van der Waals surface area contributed by atoms with Crippen molar-refractivity contribution < 1.29 is 18.0 Å². The number of aromatic nitrogens is 3. The van der Waals surface area contributed by atoms with Crippen molar-refractivity contribution in [3.63, 3.8) is 0 Å². The van der Waals surface area contributed by atoms with Gasteiger partial charge in [0.05, 0.1) is 6.54 Å². The topological polar surface area (TPSA) is 89.1 Å². The molecule has 10 heteroatoms. The van der Waals surface area contributed by atoms with Crippen LogP contribution in [-0.2, 0) is 24.1 Å². The van der Waals surface area contributed by atoms with Crippen LogP contribution in [-0.4, -0.2) is 38.2 Å². The first kappa shape index (κ1) is 15.7. The van der Waals surface area contributed by atoms with Crippen molar-refractivity contribution in [3.8, 4) is 0 Å². The molecule has 0 saturated carbocycles. The molecule has 1 aliphatic heterocycles. The maximum Gasteiger partial charge on any atom is 0.451 e. The molecule has 0 aromatic carbocycles. The molecule has 7 nitrogen and oxygen atoms in total. The van der Waals surface area contributed by atoms with Gasteiger partial charge in [0, 0.05) is 25.6 Å². The number of carbonyl (C=O) groups is 1. The van der Waals surface area contributed by atoms with Crippen LogP contribution in [0.3, 0.4) is 0 Å². The number of nitrogens with two attached hydrogens (primary N) is 1. The minimum atomic E-state index is -4.49. The van der Waals surface area contributed by atoms with Gasteiger partial charge in [0.1, 0.15) is 5.82 Å². The van der Waals surface area contributed by atoms with Gasteiger partial charge in [-0.3, -0.25) is 15.1 Å². The first-order valence-electron chi connectivity index (χ1n) is 6.55. The molecule has 1 aliphatic rings. The van der Waals surface area contributed by atoms with Crippen molar-refractivity contribution in [1.29, 1.82) is 0 Å². The Morgan fingerprint density at radius 2 is 2.14 bits per heavy atom. The zero-order valence-electron chi connectivity index (χ0n) is 11.5. The van der Waals surface area contributed by atoms with Gasteiger partial charge in [0.15, 0.2) is 0 Å². The molecule has 0 saturated heterocycles. The van der Waals surface area contributed by atoms with E-state index in [-0.39, 0.29) is 31.5 Å². The summed E-state index contributed by atoms with van der Waals surface area (Å²) in [5.74, 6) is 4.08. The molecular formula is C11H17F3N6O. The smallest absolute Gasteiger partial charge is 0.305 e. The lowest BCUT2D eigenvalue weighted by Crippen LogP contribution is -2.41. The highest BCUT2D eigenvalue weighted by Crippen LogP contribution is 2.29. The maximum atomic E-state index is 12.7. The highest BCUT2D eigenvalue weighted by atomic mass is 19.4. The van der Waals surface area contributed by atoms with E-state index in [1.165, 1.54) is 0 Å². The molecular weight excluding hydrogens is 289 g/mol. The number of hydrazine groups is 1. The van der Waals surface area contributed by atoms with Gasteiger partial charge >= 0.3 is 6.18 Å². The Balaban J connectivity index is 2.00. The first-order chi connectivity index (χ1) is 9.82. The Kier molecular flexibility index (Phi) is 4.47. The first-order valence-corrected chi connectivity index (χ1v) is 6.55. The van der Waals surface area contributed by atoms with Crippen LogP contribution < -0.4 is 11.3 Å². The van der Waals surface area contributed by atoms with E-state index in [2.05, 4.69) is 10.2 Å². The molecule has 0 bridgehead atoms. The van der Waals surface area contributed by atoms with Gasteiger partial charge in [-0.1, -0.05) is 0 Å². The molecule has 1 atom stereocenters.